The molecule has 0 saturated carbocycles. The van der Waals surface area contributed by atoms with Crippen molar-refractivity contribution in [2.75, 3.05) is 32.9 Å². The first-order valence-electron chi connectivity index (χ1n) is 7.01. The van der Waals surface area contributed by atoms with Gasteiger partial charge in [-0.15, -0.1) is 0 Å². The van der Waals surface area contributed by atoms with E-state index in [0.717, 1.165) is 26.2 Å². The summed E-state index contributed by atoms with van der Waals surface area (Å²) in [5, 5.41) is 12.4. The van der Waals surface area contributed by atoms with E-state index in [1.807, 2.05) is 0 Å². The molecule has 2 rings (SSSR count). The number of benzene rings is 1. The van der Waals surface area contributed by atoms with Crippen LogP contribution in [0.1, 0.15) is 23.2 Å². The van der Waals surface area contributed by atoms with E-state index in [0.29, 0.717) is 24.8 Å². The molecule has 5 heteroatoms. The first kappa shape index (κ1) is 14.8. The van der Waals surface area contributed by atoms with Crippen LogP contribution in [-0.4, -0.2) is 44.0 Å². The predicted molar refractivity (Wildman–Crippen MR) is 75.3 cm³/mol. The van der Waals surface area contributed by atoms with Crippen LogP contribution < -0.4 is 10.1 Å². The predicted octanol–water partition coefficient (Wildman–Crippen LogP) is 1.78. The maximum atomic E-state index is 11.0. The molecule has 1 unspecified atom stereocenters. The highest BCUT2D eigenvalue weighted by molar-refractivity contribution is 5.90. The van der Waals surface area contributed by atoms with Crippen molar-refractivity contribution in [3.8, 4) is 5.75 Å². The summed E-state index contributed by atoms with van der Waals surface area (Å²) >= 11 is 0. The summed E-state index contributed by atoms with van der Waals surface area (Å²) in [6, 6.07) is 6.69. The lowest BCUT2D eigenvalue weighted by Gasteiger charge is -2.22. The van der Waals surface area contributed by atoms with Gasteiger partial charge >= 0.3 is 5.97 Å². The minimum Gasteiger partial charge on any atom is -0.491 e. The highest BCUT2D eigenvalue weighted by Gasteiger charge is 2.13. The molecular weight excluding hydrogens is 258 g/mol. The van der Waals surface area contributed by atoms with E-state index in [9.17, 15) is 4.79 Å². The van der Waals surface area contributed by atoms with Gasteiger partial charge in [-0.25, -0.2) is 4.79 Å². The van der Waals surface area contributed by atoms with Crippen LogP contribution in [0.2, 0.25) is 0 Å². The van der Waals surface area contributed by atoms with Gasteiger partial charge in [-0.05, 0) is 30.9 Å². The van der Waals surface area contributed by atoms with Crippen molar-refractivity contribution in [1.29, 1.82) is 0 Å². The van der Waals surface area contributed by atoms with Crippen molar-refractivity contribution >= 4 is 5.97 Å². The molecule has 1 atom stereocenters. The van der Waals surface area contributed by atoms with Gasteiger partial charge in [-0.1, -0.05) is 12.1 Å². The molecule has 1 heterocycles. The third-order valence-electron chi connectivity index (χ3n) is 3.34. The number of carbonyl (C=O) groups is 1. The highest BCUT2D eigenvalue weighted by atomic mass is 16.5. The van der Waals surface area contributed by atoms with E-state index in [1.54, 1.807) is 24.3 Å². The molecular formula is C15H21NO4. The lowest BCUT2D eigenvalue weighted by atomic mass is 10.0. The molecule has 1 fully saturated rings. The van der Waals surface area contributed by atoms with Gasteiger partial charge in [-0.2, -0.15) is 0 Å². The van der Waals surface area contributed by atoms with E-state index in [2.05, 4.69) is 5.32 Å². The first-order valence-corrected chi connectivity index (χ1v) is 7.01. The van der Waals surface area contributed by atoms with Crippen molar-refractivity contribution < 1.29 is 19.4 Å². The molecule has 0 spiro atoms. The molecule has 0 aliphatic carbocycles. The van der Waals surface area contributed by atoms with E-state index in [1.165, 1.54) is 6.42 Å². The summed E-state index contributed by atoms with van der Waals surface area (Å²) in [5.74, 6) is 0.0331. The molecule has 1 aliphatic rings. The summed E-state index contributed by atoms with van der Waals surface area (Å²) in [5.41, 5.74) is 0.202. The smallest absolute Gasteiger partial charge is 0.339 e. The Balaban J connectivity index is 1.67. The Morgan fingerprint density at radius 2 is 2.30 bits per heavy atom. The molecule has 0 bridgehead atoms. The maximum Gasteiger partial charge on any atom is 0.339 e. The summed E-state index contributed by atoms with van der Waals surface area (Å²) < 4.78 is 10.9. The largest absolute Gasteiger partial charge is 0.491 e. The van der Waals surface area contributed by atoms with Gasteiger partial charge in [0.1, 0.15) is 17.9 Å². The number of hydrogen-bond donors (Lipinski definition) is 2. The van der Waals surface area contributed by atoms with Gasteiger partial charge in [0.05, 0.1) is 6.61 Å². The van der Waals surface area contributed by atoms with E-state index in [-0.39, 0.29) is 5.56 Å². The van der Waals surface area contributed by atoms with Crippen LogP contribution in [0.15, 0.2) is 24.3 Å². The second-order valence-corrected chi connectivity index (χ2v) is 4.94. The van der Waals surface area contributed by atoms with E-state index in [4.69, 9.17) is 14.6 Å². The standard InChI is InChI=1S/C15H21NO4/c17-15(18)13-5-1-2-6-14(13)20-9-7-16-10-12-4-3-8-19-11-12/h1-2,5-6,12,16H,3-4,7-11H2,(H,17,18). The number of aromatic carboxylic acids is 1. The molecule has 20 heavy (non-hydrogen) atoms. The van der Waals surface area contributed by atoms with Crippen LogP contribution in [0, 0.1) is 5.92 Å². The summed E-state index contributed by atoms with van der Waals surface area (Å²) in [6.07, 6.45) is 2.34. The highest BCUT2D eigenvalue weighted by Crippen LogP contribution is 2.17. The second-order valence-electron chi connectivity index (χ2n) is 4.94. The van der Waals surface area contributed by atoms with Gasteiger partial charge in [0, 0.05) is 19.7 Å². The van der Waals surface area contributed by atoms with Gasteiger partial charge in [0.25, 0.3) is 0 Å². The molecule has 1 aromatic carbocycles. The fraction of sp³-hybridized carbons (Fsp3) is 0.533. The zero-order valence-corrected chi connectivity index (χ0v) is 11.5. The number of carboxylic acids is 1. The van der Waals surface area contributed by atoms with Crippen LogP contribution in [0.5, 0.6) is 5.75 Å². The summed E-state index contributed by atoms with van der Waals surface area (Å²) in [4.78, 5) is 11.0. The molecule has 0 radical (unpaired) electrons. The van der Waals surface area contributed by atoms with Gasteiger partial charge in [0.2, 0.25) is 0 Å². The molecule has 1 aromatic rings. The Bertz CT molecular complexity index is 430. The van der Waals surface area contributed by atoms with Gasteiger partial charge in [0.15, 0.2) is 0 Å². The average Bonchev–Trinajstić information content (AvgIpc) is 2.48. The van der Waals surface area contributed by atoms with Crippen LogP contribution in [0.3, 0.4) is 0 Å². The van der Waals surface area contributed by atoms with Crippen molar-refractivity contribution in [1.82, 2.24) is 5.32 Å². The minimum absolute atomic E-state index is 0.202. The minimum atomic E-state index is -0.965. The number of nitrogens with one attached hydrogen (secondary N) is 1. The lowest BCUT2D eigenvalue weighted by Crippen LogP contribution is -2.31. The van der Waals surface area contributed by atoms with Gasteiger partial charge in [-0.3, -0.25) is 0 Å². The number of hydrogen-bond acceptors (Lipinski definition) is 4. The van der Waals surface area contributed by atoms with Gasteiger partial charge < -0.3 is 19.9 Å². The Labute approximate surface area is 118 Å². The fourth-order valence-electron chi connectivity index (χ4n) is 2.28. The van der Waals surface area contributed by atoms with Crippen LogP contribution in [-0.2, 0) is 4.74 Å². The molecule has 2 N–H and O–H groups in total. The monoisotopic (exact) mass is 279 g/mol. The molecule has 5 nitrogen and oxygen atoms in total. The molecule has 0 aromatic heterocycles. The van der Waals surface area contributed by atoms with Crippen molar-refractivity contribution in [3.63, 3.8) is 0 Å². The fourth-order valence-corrected chi connectivity index (χ4v) is 2.28. The van der Waals surface area contributed by atoms with E-state index < -0.39 is 5.97 Å². The summed E-state index contributed by atoms with van der Waals surface area (Å²) in [6.45, 7) is 3.79. The average molecular weight is 279 g/mol. The van der Waals surface area contributed by atoms with Crippen molar-refractivity contribution in [3.05, 3.63) is 29.8 Å². The van der Waals surface area contributed by atoms with Crippen molar-refractivity contribution in [2.24, 2.45) is 5.92 Å². The number of carboxylic acid groups (broad SMARTS) is 1. The molecule has 110 valence electrons. The number of para-hydroxylation sites is 1. The third kappa shape index (κ3) is 4.51. The topological polar surface area (TPSA) is 67.8 Å². The van der Waals surface area contributed by atoms with E-state index >= 15 is 0 Å². The lowest BCUT2D eigenvalue weighted by molar-refractivity contribution is 0.0545. The Morgan fingerprint density at radius 1 is 1.45 bits per heavy atom. The quantitative estimate of drug-likeness (QED) is 0.745. The Hall–Kier alpha value is -1.59. The molecule has 0 amide bonds. The normalized spacial score (nSPS) is 18.7. The first-order chi connectivity index (χ1) is 9.77. The van der Waals surface area contributed by atoms with Crippen LogP contribution >= 0.6 is 0 Å². The van der Waals surface area contributed by atoms with Crippen LogP contribution in [0.4, 0.5) is 0 Å². The molecule has 1 aliphatic heterocycles. The Morgan fingerprint density at radius 3 is 3.05 bits per heavy atom. The van der Waals surface area contributed by atoms with Crippen molar-refractivity contribution in [2.45, 2.75) is 12.8 Å². The maximum absolute atomic E-state index is 11.0. The third-order valence-corrected chi connectivity index (χ3v) is 3.34. The number of rotatable bonds is 7. The zero-order valence-electron chi connectivity index (χ0n) is 11.5. The zero-order chi connectivity index (χ0) is 14.2. The SMILES string of the molecule is O=C(O)c1ccccc1OCCNCC1CCCOC1. The Kier molecular flexibility index (Phi) is 5.83. The summed E-state index contributed by atoms with van der Waals surface area (Å²) in [7, 11) is 0. The molecule has 1 saturated heterocycles. The van der Waals surface area contributed by atoms with Crippen LogP contribution in [0.25, 0.3) is 0 Å². The second kappa shape index (κ2) is 7.87. The number of ether oxygens (including phenoxy) is 2.